The molecule has 0 spiro atoms. The van der Waals surface area contributed by atoms with Crippen LogP contribution in [-0.4, -0.2) is 12.2 Å². The van der Waals surface area contributed by atoms with Crippen molar-refractivity contribution in [2.24, 2.45) is 11.7 Å². The molecule has 0 aromatic heterocycles. The summed E-state index contributed by atoms with van der Waals surface area (Å²) in [5.41, 5.74) is 5.17. The van der Waals surface area contributed by atoms with Crippen LogP contribution in [0.1, 0.15) is 19.4 Å². The maximum Gasteiger partial charge on any atom is 0.129 e. The molecule has 0 saturated heterocycles. The summed E-state index contributed by atoms with van der Waals surface area (Å²) in [6.45, 7) is 3.79. The summed E-state index contributed by atoms with van der Waals surface area (Å²) in [5.74, 6) is -0.0744. The van der Waals surface area contributed by atoms with E-state index in [1.165, 1.54) is 0 Å². The fraction of sp³-hybridized carbons (Fsp3) is 0.500. The summed E-state index contributed by atoms with van der Waals surface area (Å²) in [6.07, 6.45) is 0.364. The number of benzene rings is 1. The van der Waals surface area contributed by atoms with E-state index in [1.54, 1.807) is 0 Å². The summed E-state index contributed by atoms with van der Waals surface area (Å²) < 4.78 is 15.3. The van der Waals surface area contributed by atoms with Crippen LogP contribution in [0.3, 0.4) is 0 Å². The van der Waals surface area contributed by atoms with Crippen LogP contribution in [0.5, 0.6) is 0 Å². The average Bonchev–Trinajstić information content (AvgIpc) is 2.21. The van der Waals surface area contributed by atoms with Crippen LogP contribution in [0.4, 0.5) is 4.39 Å². The second-order valence-electron chi connectivity index (χ2n) is 4.16. The molecule has 0 aliphatic heterocycles. The molecule has 1 unspecified atom stereocenters. The lowest BCUT2D eigenvalue weighted by atomic mass is 9.86. The van der Waals surface area contributed by atoms with Gasteiger partial charge in [0.1, 0.15) is 5.67 Å². The predicted octanol–water partition coefficient (Wildman–Crippen LogP) is 3.31. The number of hydrogen-bond acceptors (Lipinski definition) is 1. The topological polar surface area (TPSA) is 26.0 Å². The standard InChI is InChI=1S/C12H17BrFN/c1-9(2)12(14,8-15)7-10-5-3-4-6-11(10)13/h3-6,9H,7-8,15H2,1-2H3. The molecule has 1 rings (SSSR count). The molecule has 0 aliphatic rings. The minimum Gasteiger partial charge on any atom is -0.328 e. The van der Waals surface area contributed by atoms with Gasteiger partial charge in [-0.25, -0.2) is 4.39 Å². The van der Waals surface area contributed by atoms with Gasteiger partial charge >= 0.3 is 0 Å². The molecule has 3 heteroatoms. The Bertz CT molecular complexity index is 327. The van der Waals surface area contributed by atoms with Gasteiger partial charge < -0.3 is 5.73 Å². The van der Waals surface area contributed by atoms with Crippen molar-refractivity contribution in [3.05, 3.63) is 34.3 Å². The Balaban J connectivity index is 2.89. The SMILES string of the molecule is CC(C)C(F)(CN)Cc1ccccc1Br. The average molecular weight is 274 g/mol. The van der Waals surface area contributed by atoms with Gasteiger partial charge in [-0.1, -0.05) is 48.0 Å². The zero-order valence-corrected chi connectivity index (χ0v) is 10.7. The van der Waals surface area contributed by atoms with Crippen molar-refractivity contribution in [3.8, 4) is 0 Å². The van der Waals surface area contributed by atoms with Gasteiger partial charge in [-0.2, -0.15) is 0 Å². The lowest BCUT2D eigenvalue weighted by Crippen LogP contribution is -2.40. The van der Waals surface area contributed by atoms with Crippen LogP contribution in [0.2, 0.25) is 0 Å². The molecule has 1 aromatic rings. The molecule has 0 amide bonds. The maximum atomic E-state index is 14.4. The second-order valence-corrected chi connectivity index (χ2v) is 5.02. The monoisotopic (exact) mass is 273 g/mol. The van der Waals surface area contributed by atoms with Gasteiger partial charge in [-0.3, -0.25) is 0 Å². The fourth-order valence-electron chi connectivity index (χ4n) is 1.47. The molecule has 2 N–H and O–H groups in total. The van der Waals surface area contributed by atoms with Gasteiger partial charge in [-0.05, 0) is 17.5 Å². The van der Waals surface area contributed by atoms with Gasteiger partial charge in [0.2, 0.25) is 0 Å². The molecule has 1 atom stereocenters. The van der Waals surface area contributed by atoms with Gasteiger partial charge in [0, 0.05) is 17.4 Å². The number of alkyl halides is 1. The largest absolute Gasteiger partial charge is 0.328 e. The van der Waals surface area contributed by atoms with Crippen LogP contribution in [0.15, 0.2) is 28.7 Å². The normalized spacial score (nSPS) is 15.3. The Labute approximate surface area is 99.0 Å². The van der Waals surface area contributed by atoms with E-state index < -0.39 is 5.67 Å². The molecule has 0 heterocycles. The first kappa shape index (κ1) is 12.7. The van der Waals surface area contributed by atoms with E-state index in [9.17, 15) is 4.39 Å². The molecular formula is C12H17BrFN. The highest BCUT2D eigenvalue weighted by molar-refractivity contribution is 9.10. The summed E-state index contributed by atoms with van der Waals surface area (Å²) in [4.78, 5) is 0. The second kappa shape index (κ2) is 5.08. The number of halogens is 2. The van der Waals surface area contributed by atoms with Crippen molar-refractivity contribution in [3.63, 3.8) is 0 Å². The van der Waals surface area contributed by atoms with Crippen molar-refractivity contribution in [2.75, 3.05) is 6.54 Å². The minimum atomic E-state index is -1.32. The van der Waals surface area contributed by atoms with E-state index in [0.29, 0.717) is 6.42 Å². The zero-order valence-electron chi connectivity index (χ0n) is 9.13. The lowest BCUT2D eigenvalue weighted by Gasteiger charge is -2.28. The van der Waals surface area contributed by atoms with E-state index in [1.807, 2.05) is 38.1 Å². The maximum absolute atomic E-state index is 14.4. The van der Waals surface area contributed by atoms with Gasteiger partial charge in [-0.15, -0.1) is 0 Å². The summed E-state index contributed by atoms with van der Waals surface area (Å²) in [6, 6.07) is 7.69. The van der Waals surface area contributed by atoms with Crippen molar-refractivity contribution in [1.29, 1.82) is 0 Å². The first-order chi connectivity index (χ1) is 6.99. The number of rotatable bonds is 4. The Morgan fingerprint density at radius 2 is 2.00 bits per heavy atom. The van der Waals surface area contributed by atoms with Crippen LogP contribution < -0.4 is 5.73 Å². The predicted molar refractivity (Wildman–Crippen MR) is 65.6 cm³/mol. The first-order valence-corrected chi connectivity index (χ1v) is 5.91. The Morgan fingerprint density at radius 3 is 2.47 bits per heavy atom. The molecule has 0 saturated carbocycles. The van der Waals surface area contributed by atoms with E-state index in [-0.39, 0.29) is 12.5 Å². The third kappa shape index (κ3) is 3.02. The van der Waals surface area contributed by atoms with Crippen LogP contribution in [0.25, 0.3) is 0 Å². The molecule has 0 radical (unpaired) electrons. The number of nitrogens with two attached hydrogens (primary N) is 1. The van der Waals surface area contributed by atoms with Gasteiger partial charge in [0.15, 0.2) is 0 Å². The van der Waals surface area contributed by atoms with E-state index in [4.69, 9.17) is 5.73 Å². The first-order valence-electron chi connectivity index (χ1n) is 5.12. The smallest absolute Gasteiger partial charge is 0.129 e. The van der Waals surface area contributed by atoms with Crippen molar-refractivity contribution >= 4 is 15.9 Å². The van der Waals surface area contributed by atoms with Gasteiger partial charge in [0.05, 0.1) is 0 Å². The molecule has 15 heavy (non-hydrogen) atoms. The van der Waals surface area contributed by atoms with Crippen LogP contribution in [0, 0.1) is 5.92 Å². The summed E-state index contributed by atoms with van der Waals surface area (Å²) >= 11 is 3.42. The third-order valence-corrected chi connectivity index (χ3v) is 3.59. The van der Waals surface area contributed by atoms with Crippen molar-refractivity contribution in [1.82, 2.24) is 0 Å². The Morgan fingerprint density at radius 1 is 1.40 bits per heavy atom. The molecule has 0 bridgehead atoms. The molecular weight excluding hydrogens is 257 g/mol. The van der Waals surface area contributed by atoms with Crippen LogP contribution >= 0.6 is 15.9 Å². The van der Waals surface area contributed by atoms with E-state index in [2.05, 4.69) is 15.9 Å². The highest BCUT2D eigenvalue weighted by Gasteiger charge is 2.32. The van der Waals surface area contributed by atoms with E-state index >= 15 is 0 Å². The summed E-state index contributed by atoms with van der Waals surface area (Å²) in [5, 5.41) is 0. The zero-order chi connectivity index (χ0) is 11.5. The third-order valence-electron chi connectivity index (χ3n) is 2.82. The highest BCUT2D eigenvalue weighted by atomic mass is 79.9. The molecule has 1 nitrogen and oxygen atoms in total. The highest BCUT2D eigenvalue weighted by Crippen LogP contribution is 2.28. The molecule has 1 aromatic carbocycles. The molecule has 84 valence electrons. The van der Waals surface area contributed by atoms with Crippen LogP contribution in [-0.2, 0) is 6.42 Å². The van der Waals surface area contributed by atoms with Crippen molar-refractivity contribution < 1.29 is 4.39 Å². The Hall–Kier alpha value is -0.410. The molecule has 0 fully saturated rings. The Kier molecular flexibility index (Phi) is 4.29. The fourth-order valence-corrected chi connectivity index (χ4v) is 1.90. The number of hydrogen-bond donors (Lipinski definition) is 1. The quantitative estimate of drug-likeness (QED) is 0.895. The van der Waals surface area contributed by atoms with Gasteiger partial charge in [0.25, 0.3) is 0 Å². The summed E-state index contributed by atoms with van der Waals surface area (Å²) in [7, 11) is 0. The van der Waals surface area contributed by atoms with Crippen molar-refractivity contribution in [2.45, 2.75) is 25.9 Å². The van der Waals surface area contributed by atoms with E-state index in [0.717, 1.165) is 10.0 Å². The minimum absolute atomic E-state index is 0.0615. The molecule has 0 aliphatic carbocycles. The lowest BCUT2D eigenvalue weighted by molar-refractivity contribution is 0.110.